The zero-order valence-electron chi connectivity index (χ0n) is 23.5. The molecule has 0 bridgehead atoms. The summed E-state index contributed by atoms with van der Waals surface area (Å²) in [5.74, 6) is -1.03. The van der Waals surface area contributed by atoms with Gasteiger partial charge in [-0.1, -0.05) is 53.3 Å². The van der Waals surface area contributed by atoms with Crippen molar-refractivity contribution < 1.29 is 36.6 Å². The van der Waals surface area contributed by atoms with Crippen LogP contribution < -0.4 is 24.4 Å². The lowest BCUT2D eigenvalue weighted by atomic mass is 9.95. The van der Waals surface area contributed by atoms with Gasteiger partial charge in [0, 0.05) is 10.6 Å². The average Bonchev–Trinajstić information content (AvgIpc) is 3.30. The van der Waals surface area contributed by atoms with Crippen molar-refractivity contribution in [2.45, 2.75) is 25.7 Å². The second-order valence-corrected chi connectivity index (χ2v) is 12.1. The number of methoxy groups -OCH3 is 1. The zero-order chi connectivity index (χ0) is 32.5. The number of nitrogens with zero attached hydrogens (tertiary/aromatic N) is 2. The molecule has 234 valence electrons. The van der Waals surface area contributed by atoms with Crippen LogP contribution in [0, 0.1) is 9.39 Å². The number of carbonyl (C=O) groups excluding carboxylic acids is 1. The molecule has 0 spiro atoms. The number of carbonyl (C=O) groups is 1. The van der Waals surface area contributed by atoms with Crippen molar-refractivity contribution in [2.24, 2.45) is 4.99 Å². The summed E-state index contributed by atoms with van der Waals surface area (Å²) in [5.41, 5.74) is -1.89. The van der Waals surface area contributed by atoms with Crippen LogP contribution in [0.25, 0.3) is 6.08 Å². The van der Waals surface area contributed by atoms with Gasteiger partial charge in [-0.3, -0.25) is 9.36 Å². The molecule has 1 atom stereocenters. The second-order valence-electron chi connectivity index (χ2n) is 9.53. The van der Waals surface area contributed by atoms with Crippen LogP contribution in [0.1, 0.15) is 29.7 Å². The van der Waals surface area contributed by atoms with Crippen molar-refractivity contribution in [1.82, 2.24) is 4.57 Å². The quantitative estimate of drug-likeness (QED) is 0.119. The Morgan fingerprint density at radius 1 is 1.16 bits per heavy atom. The summed E-state index contributed by atoms with van der Waals surface area (Å²) in [6, 6.07) is 13.7. The normalized spacial score (nSPS) is 15.0. The molecule has 1 aliphatic heterocycles. The number of benzene rings is 3. The molecular weight excluding hydrogens is 751 g/mol. The molecule has 4 aromatic rings. The van der Waals surface area contributed by atoms with Gasteiger partial charge in [-0.25, -0.2) is 14.2 Å². The Morgan fingerprint density at radius 2 is 1.87 bits per heavy atom. The first-order chi connectivity index (χ1) is 21.4. The Kier molecular flexibility index (Phi) is 9.70. The molecule has 0 aliphatic carbocycles. The van der Waals surface area contributed by atoms with Gasteiger partial charge in [0.25, 0.3) is 5.56 Å². The van der Waals surface area contributed by atoms with Gasteiger partial charge in [-0.15, -0.1) is 0 Å². The van der Waals surface area contributed by atoms with E-state index in [2.05, 4.69) is 4.99 Å². The molecule has 5 rings (SSSR count). The molecule has 1 aromatic heterocycles. The molecule has 0 saturated carbocycles. The van der Waals surface area contributed by atoms with E-state index in [-0.39, 0.29) is 28.1 Å². The standard InChI is InChI=1S/C31H22ClF4IN2O5S/c1-3-43-29(41)24-25(17-8-10-19(32)11-9-17)39-28(40)23(45-30(39)38-27(24)31(34,35)36)14-16-12-21(37)26(22(13-16)42-2)44-15-18-6-4-5-7-20(18)33/h4-14,25H,3,15H2,1-2H3/b23-14-/t25-/m1/s1. The number of rotatable bonds is 8. The maximum absolute atomic E-state index is 14.3. The minimum Gasteiger partial charge on any atom is -0.493 e. The fraction of sp³-hybridized carbons (Fsp3) is 0.194. The number of esters is 1. The van der Waals surface area contributed by atoms with Crippen molar-refractivity contribution in [1.29, 1.82) is 0 Å². The molecule has 0 N–H and O–H groups in total. The van der Waals surface area contributed by atoms with Gasteiger partial charge in [-0.2, -0.15) is 13.2 Å². The van der Waals surface area contributed by atoms with Crippen LogP contribution >= 0.6 is 45.5 Å². The van der Waals surface area contributed by atoms with E-state index in [0.717, 1.165) is 15.9 Å². The minimum absolute atomic E-state index is 0.0530. The number of aromatic nitrogens is 1. The highest BCUT2D eigenvalue weighted by Gasteiger charge is 2.45. The first-order valence-electron chi connectivity index (χ1n) is 13.2. The van der Waals surface area contributed by atoms with Crippen molar-refractivity contribution in [2.75, 3.05) is 13.7 Å². The molecule has 45 heavy (non-hydrogen) atoms. The topological polar surface area (TPSA) is 79.1 Å². The van der Waals surface area contributed by atoms with Crippen LogP contribution in [0.5, 0.6) is 11.5 Å². The summed E-state index contributed by atoms with van der Waals surface area (Å²) in [4.78, 5) is 30.4. The Morgan fingerprint density at radius 3 is 2.51 bits per heavy atom. The summed E-state index contributed by atoms with van der Waals surface area (Å²) >= 11 is 8.77. The number of hydrogen-bond donors (Lipinski definition) is 0. The summed E-state index contributed by atoms with van der Waals surface area (Å²) < 4.78 is 75.1. The van der Waals surface area contributed by atoms with Crippen LogP contribution in [0.3, 0.4) is 0 Å². The van der Waals surface area contributed by atoms with E-state index in [9.17, 15) is 27.2 Å². The monoisotopic (exact) mass is 772 g/mol. The highest BCUT2D eigenvalue weighted by molar-refractivity contribution is 14.1. The molecule has 0 amide bonds. The van der Waals surface area contributed by atoms with Crippen LogP contribution in [-0.2, 0) is 16.1 Å². The number of fused-ring (bicyclic) bond motifs is 1. The smallest absolute Gasteiger partial charge is 0.434 e. The molecule has 2 heterocycles. The van der Waals surface area contributed by atoms with Gasteiger partial charge < -0.3 is 14.2 Å². The third kappa shape index (κ3) is 6.79. The van der Waals surface area contributed by atoms with Gasteiger partial charge in [0.2, 0.25) is 0 Å². The maximum Gasteiger partial charge on any atom is 0.434 e. The summed E-state index contributed by atoms with van der Waals surface area (Å²) in [6.45, 7) is 1.21. The average molecular weight is 773 g/mol. The van der Waals surface area contributed by atoms with Gasteiger partial charge in [-0.05, 0) is 77.0 Å². The Bertz CT molecular complexity index is 1990. The molecule has 0 saturated heterocycles. The van der Waals surface area contributed by atoms with E-state index in [1.165, 1.54) is 50.4 Å². The summed E-state index contributed by atoms with van der Waals surface area (Å²) in [7, 11) is 1.42. The second kappa shape index (κ2) is 13.3. The fourth-order valence-electron chi connectivity index (χ4n) is 4.68. The van der Waals surface area contributed by atoms with Gasteiger partial charge in [0.05, 0.1) is 33.4 Å². The number of alkyl halides is 3. The largest absolute Gasteiger partial charge is 0.493 e. The fourth-order valence-corrected chi connectivity index (χ4v) is 6.59. The predicted octanol–water partition coefficient (Wildman–Crippen LogP) is 6.33. The number of ether oxygens (including phenoxy) is 3. The van der Waals surface area contributed by atoms with Gasteiger partial charge >= 0.3 is 12.1 Å². The number of halogens is 6. The lowest BCUT2D eigenvalue weighted by Gasteiger charge is -2.26. The van der Waals surface area contributed by atoms with E-state index in [4.69, 9.17) is 25.8 Å². The van der Waals surface area contributed by atoms with Crippen LogP contribution in [0.15, 0.2) is 81.7 Å². The Hall–Kier alpha value is -3.69. The summed E-state index contributed by atoms with van der Waals surface area (Å²) in [6.07, 6.45) is -3.54. The van der Waals surface area contributed by atoms with Crippen molar-refractivity contribution in [3.8, 4) is 11.5 Å². The van der Waals surface area contributed by atoms with Gasteiger partial charge in [0.15, 0.2) is 22.0 Å². The highest BCUT2D eigenvalue weighted by atomic mass is 127. The molecule has 14 heteroatoms. The number of allylic oxidation sites excluding steroid dienone is 1. The molecule has 7 nitrogen and oxygen atoms in total. The van der Waals surface area contributed by atoms with E-state index in [1.54, 1.807) is 30.3 Å². The highest BCUT2D eigenvalue weighted by Crippen LogP contribution is 2.39. The predicted molar refractivity (Wildman–Crippen MR) is 169 cm³/mol. The van der Waals surface area contributed by atoms with Crippen LogP contribution in [-0.4, -0.2) is 30.4 Å². The SMILES string of the molecule is CCOC(=O)C1=C(C(F)(F)F)N=c2s/c(=C\c3cc(I)c(OCc4ccccc4F)c(OC)c3)c(=O)n2[C@@H]1c1ccc(Cl)cc1. The third-order valence-electron chi connectivity index (χ3n) is 6.66. The Balaban J connectivity index is 1.64. The molecule has 0 unspecified atom stereocenters. The first kappa shape index (κ1) is 32.7. The summed E-state index contributed by atoms with van der Waals surface area (Å²) in [5, 5.41) is 0.314. The van der Waals surface area contributed by atoms with Crippen molar-refractivity contribution in [3.05, 3.63) is 123 Å². The number of hydrogen-bond acceptors (Lipinski definition) is 7. The van der Waals surface area contributed by atoms with E-state index < -0.39 is 40.8 Å². The lowest BCUT2D eigenvalue weighted by Crippen LogP contribution is -2.41. The van der Waals surface area contributed by atoms with E-state index in [1.807, 2.05) is 22.6 Å². The van der Waals surface area contributed by atoms with Gasteiger partial charge in [0.1, 0.15) is 12.4 Å². The van der Waals surface area contributed by atoms with E-state index in [0.29, 0.717) is 31.2 Å². The maximum atomic E-state index is 14.3. The molecule has 0 radical (unpaired) electrons. The molecule has 1 aliphatic rings. The zero-order valence-corrected chi connectivity index (χ0v) is 27.2. The molecule has 3 aromatic carbocycles. The third-order valence-corrected chi connectivity index (χ3v) is 8.70. The minimum atomic E-state index is -5.02. The lowest BCUT2D eigenvalue weighted by molar-refractivity contribution is -0.140. The Labute approximate surface area is 276 Å². The number of thiazole rings is 1. The van der Waals surface area contributed by atoms with Crippen molar-refractivity contribution >= 4 is 57.6 Å². The van der Waals surface area contributed by atoms with Crippen LogP contribution in [0.2, 0.25) is 5.02 Å². The first-order valence-corrected chi connectivity index (χ1v) is 15.5. The van der Waals surface area contributed by atoms with E-state index >= 15 is 0 Å². The molecule has 0 fully saturated rings. The molecular formula is C31H22ClF4IN2O5S. The van der Waals surface area contributed by atoms with Crippen LogP contribution in [0.4, 0.5) is 17.6 Å². The van der Waals surface area contributed by atoms with Crippen molar-refractivity contribution in [3.63, 3.8) is 0 Å².